The average Bonchev–Trinajstić information content (AvgIpc) is 3.20. The van der Waals surface area contributed by atoms with Gasteiger partial charge in [0.25, 0.3) is 0 Å². The van der Waals surface area contributed by atoms with Gasteiger partial charge in [-0.2, -0.15) is 0 Å². The van der Waals surface area contributed by atoms with Gasteiger partial charge in [-0.3, -0.25) is 9.88 Å². The summed E-state index contributed by atoms with van der Waals surface area (Å²) in [6.45, 7) is 3.02. The van der Waals surface area contributed by atoms with E-state index in [0.717, 1.165) is 49.7 Å². The van der Waals surface area contributed by atoms with Gasteiger partial charge in [0, 0.05) is 24.9 Å². The quantitative estimate of drug-likeness (QED) is 0.701. The van der Waals surface area contributed by atoms with E-state index in [-0.39, 0.29) is 0 Å². The molecular formula is C20H22N4O2. The summed E-state index contributed by atoms with van der Waals surface area (Å²) in [5, 5.41) is 8.45. The zero-order valence-corrected chi connectivity index (χ0v) is 14.8. The van der Waals surface area contributed by atoms with E-state index in [0.29, 0.717) is 11.8 Å². The number of piperidine rings is 1. The molecule has 0 bridgehead atoms. The van der Waals surface area contributed by atoms with Crippen LogP contribution in [0.15, 0.2) is 53.2 Å². The number of ether oxygens (including phenoxy) is 1. The summed E-state index contributed by atoms with van der Waals surface area (Å²) in [6, 6.07) is 12.1. The van der Waals surface area contributed by atoms with Gasteiger partial charge in [-0.25, -0.2) is 0 Å². The number of likely N-dealkylation sites (tertiary alicyclic amines) is 1. The molecule has 4 rings (SSSR count). The first-order valence-electron chi connectivity index (χ1n) is 8.91. The first-order chi connectivity index (χ1) is 12.8. The van der Waals surface area contributed by atoms with Crippen molar-refractivity contribution in [3.8, 4) is 17.2 Å². The van der Waals surface area contributed by atoms with Crippen molar-refractivity contribution in [1.82, 2.24) is 20.1 Å². The van der Waals surface area contributed by atoms with Crippen LogP contribution in [-0.2, 0) is 6.54 Å². The molecule has 1 saturated heterocycles. The molecule has 6 nitrogen and oxygen atoms in total. The van der Waals surface area contributed by atoms with E-state index in [2.05, 4.69) is 32.2 Å². The van der Waals surface area contributed by atoms with E-state index < -0.39 is 0 Å². The standard InChI is InChI=1S/C20H22N4O2/c1-25-18-6-4-15(5-7-18)14-24-11-8-16(9-12-24)19-22-23-20(26-19)17-3-2-10-21-13-17/h2-7,10,13,16H,8-9,11-12,14H2,1H3. The van der Waals surface area contributed by atoms with E-state index in [9.17, 15) is 0 Å². The molecular weight excluding hydrogens is 328 g/mol. The minimum Gasteiger partial charge on any atom is -0.497 e. The van der Waals surface area contributed by atoms with E-state index in [1.807, 2.05) is 24.3 Å². The second-order valence-electron chi connectivity index (χ2n) is 6.59. The summed E-state index contributed by atoms with van der Waals surface area (Å²) in [4.78, 5) is 6.57. The molecule has 134 valence electrons. The molecule has 1 fully saturated rings. The summed E-state index contributed by atoms with van der Waals surface area (Å²) < 4.78 is 11.1. The molecule has 0 atom stereocenters. The van der Waals surface area contributed by atoms with Crippen molar-refractivity contribution in [3.05, 3.63) is 60.2 Å². The highest BCUT2D eigenvalue weighted by molar-refractivity contribution is 5.50. The highest BCUT2D eigenvalue weighted by Crippen LogP contribution is 2.29. The van der Waals surface area contributed by atoms with Gasteiger partial charge in [0.15, 0.2) is 0 Å². The minimum absolute atomic E-state index is 0.333. The smallest absolute Gasteiger partial charge is 0.249 e. The number of hydrogen-bond acceptors (Lipinski definition) is 6. The van der Waals surface area contributed by atoms with Crippen LogP contribution < -0.4 is 4.74 Å². The largest absolute Gasteiger partial charge is 0.497 e. The van der Waals surface area contributed by atoms with Gasteiger partial charge in [-0.15, -0.1) is 10.2 Å². The average molecular weight is 350 g/mol. The van der Waals surface area contributed by atoms with Crippen molar-refractivity contribution in [2.75, 3.05) is 20.2 Å². The van der Waals surface area contributed by atoms with Gasteiger partial charge >= 0.3 is 0 Å². The lowest BCUT2D eigenvalue weighted by molar-refractivity contribution is 0.193. The van der Waals surface area contributed by atoms with Crippen LogP contribution in [0.4, 0.5) is 0 Å². The number of nitrogens with zero attached hydrogens (tertiary/aromatic N) is 4. The third-order valence-electron chi connectivity index (χ3n) is 4.85. The number of rotatable bonds is 5. The molecule has 0 radical (unpaired) electrons. The summed E-state index contributed by atoms with van der Waals surface area (Å²) in [5.41, 5.74) is 2.17. The molecule has 3 heterocycles. The van der Waals surface area contributed by atoms with Crippen LogP contribution in [0.3, 0.4) is 0 Å². The van der Waals surface area contributed by atoms with Gasteiger partial charge in [0.1, 0.15) is 5.75 Å². The normalized spacial score (nSPS) is 15.9. The maximum absolute atomic E-state index is 5.89. The molecule has 1 aromatic carbocycles. The SMILES string of the molecule is COc1ccc(CN2CCC(c3nnc(-c4cccnc4)o3)CC2)cc1. The van der Waals surface area contributed by atoms with Crippen LogP contribution in [0.2, 0.25) is 0 Å². The number of methoxy groups -OCH3 is 1. The molecule has 1 aliphatic heterocycles. The summed E-state index contributed by atoms with van der Waals surface area (Å²) in [6.07, 6.45) is 5.55. The Balaban J connectivity index is 1.34. The molecule has 2 aromatic heterocycles. The van der Waals surface area contributed by atoms with Crippen LogP contribution >= 0.6 is 0 Å². The van der Waals surface area contributed by atoms with Crippen molar-refractivity contribution >= 4 is 0 Å². The fourth-order valence-electron chi connectivity index (χ4n) is 3.33. The fourth-order valence-corrected chi connectivity index (χ4v) is 3.33. The Hall–Kier alpha value is -2.73. The number of hydrogen-bond donors (Lipinski definition) is 0. The summed E-state index contributed by atoms with van der Waals surface area (Å²) in [5.74, 6) is 2.52. The highest BCUT2D eigenvalue weighted by Gasteiger charge is 2.25. The summed E-state index contributed by atoms with van der Waals surface area (Å²) in [7, 11) is 1.69. The van der Waals surface area contributed by atoms with Crippen molar-refractivity contribution in [1.29, 1.82) is 0 Å². The Morgan fingerprint density at radius 3 is 2.62 bits per heavy atom. The predicted molar refractivity (Wildman–Crippen MR) is 97.8 cm³/mol. The third-order valence-corrected chi connectivity index (χ3v) is 4.85. The summed E-state index contributed by atoms with van der Waals surface area (Å²) >= 11 is 0. The van der Waals surface area contributed by atoms with Crippen LogP contribution in [0, 0.1) is 0 Å². The Morgan fingerprint density at radius 2 is 1.92 bits per heavy atom. The zero-order valence-electron chi connectivity index (χ0n) is 14.8. The molecule has 26 heavy (non-hydrogen) atoms. The monoisotopic (exact) mass is 350 g/mol. The van der Waals surface area contributed by atoms with E-state index >= 15 is 0 Å². The van der Waals surface area contributed by atoms with Crippen molar-refractivity contribution in [2.24, 2.45) is 0 Å². The molecule has 0 N–H and O–H groups in total. The minimum atomic E-state index is 0.333. The van der Waals surface area contributed by atoms with Crippen LogP contribution in [-0.4, -0.2) is 40.3 Å². The molecule has 3 aromatic rings. The highest BCUT2D eigenvalue weighted by atomic mass is 16.5. The van der Waals surface area contributed by atoms with Gasteiger partial charge in [0.2, 0.25) is 11.8 Å². The second kappa shape index (κ2) is 7.66. The lowest BCUT2D eigenvalue weighted by atomic mass is 9.96. The fraction of sp³-hybridized carbons (Fsp3) is 0.350. The molecule has 0 saturated carbocycles. The first kappa shape index (κ1) is 16.7. The Bertz CT molecular complexity index is 825. The van der Waals surface area contributed by atoms with E-state index in [1.54, 1.807) is 19.5 Å². The number of pyridine rings is 1. The van der Waals surface area contributed by atoms with Crippen molar-refractivity contribution in [2.45, 2.75) is 25.3 Å². The first-order valence-corrected chi connectivity index (χ1v) is 8.91. The van der Waals surface area contributed by atoms with E-state index in [1.165, 1.54) is 5.56 Å². The molecule has 0 spiro atoms. The lowest BCUT2D eigenvalue weighted by Gasteiger charge is -2.30. The molecule has 0 amide bonds. The molecule has 6 heteroatoms. The Morgan fingerprint density at radius 1 is 1.12 bits per heavy atom. The topological polar surface area (TPSA) is 64.3 Å². The molecule has 0 aliphatic carbocycles. The third kappa shape index (κ3) is 3.75. The molecule has 0 unspecified atom stereocenters. The lowest BCUT2D eigenvalue weighted by Crippen LogP contribution is -2.32. The van der Waals surface area contributed by atoms with Gasteiger partial charge in [-0.05, 0) is 55.8 Å². The van der Waals surface area contributed by atoms with E-state index in [4.69, 9.17) is 9.15 Å². The Kier molecular flexibility index (Phi) is 4.93. The van der Waals surface area contributed by atoms with Crippen LogP contribution in [0.25, 0.3) is 11.5 Å². The predicted octanol–water partition coefficient (Wildman–Crippen LogP) is 3.52. The zero-order chi connectivity index (χ0) is 17.8. The van der Waals surface area contributed by atoms with Gasteiger partial charge < -0.3 is 9.15 Å². The second-order valence-corrected chi connectivity index (χ2v) is 6.59. The maximum Gasteiger partial charge on any atom is 0.249 e. The van der Waals surface area contributed by atoms with Crippen molar-refractivity contribution < 1.29 is 9.15 Å². The number of benzene rings is 1. The van der Waals surface area contributed by atoms with Gasteiger partial charge in [-0.1, -0.05) is 12.1 Å². The molecule has 1 aliphatic rings. The van der Waals surface area contributed by atoms with Gasteiger partial charge in [0.05, 0.1) is 12.7 Å². The Labute approximate surface area is 152 Å². The van der Waals surface area contributed by atoms with Crippen LogP contribution in [0.1, 0.15) is 30.2 Å². The number of aromatic nitrogens is 3. The van der Waals surface area contributed by atoms with Crippen molar-refractivity contribution in [3.63, 3.8) is 0 Å². The van der Waals surface area contributed by atoms with Crippen LogP contribution in [0.5, 0.6) is 5.75 Å². The maximum atomic E-state index is 5.89.